The molecule has 1 aliphatic rings. The Morgan fingerprint density at radius 3 is 2.71 bits per heavy atom. The van der Waals surface area contributed by atoms with Crippen LogP contribution in [0, 0.1) is 0 Å². The van der Waals surface area contributed by atoms with Gasteiger partial charge in [0.1, 0.15) is 18.2 Å². The lowest BCUT2D eigenvalue weighted by Crippen LogP contribution is -2.44. The third-order valence-corrected chi connectivity index (χ3v) is 4.97. The fourth-order valence-corrected chi connectivity index (χ4v) is 3.64. The molecule has 2 atom stereocenters. The second-order valence-electron chi connectivity index (χ2n) is 6.95. The van der Waals surface area contributed by atoms with Crippen molar-refractivity contribution in [3.63, 3.8) is 0 Å². The number of hydrogen-bond acceptors (Lipinski definition) is 5. The maximum atomic E-state index is 13.1. The Kier molecular flexibility index (Phi) is 4.81. The molecule has 1 amide bonds. The van der Waals surface area contributed by atoms with Crippen molar-refractivity contribution in [3.05, 3.63) is 60.2 Å². The van der Waals surface area contributed by atoms with Gasteiger partial charge in [0.25, 0.3) is 5.91 Å². The van der Waals surface area contributed by atoms with Gasteiger partial charge in [-0.15, -0.1) is 0 Å². The van der Waals surface area contributed by atoms with Gasteiger partial charge in [-0.05, 0) is 44.5 Å². The number of fused-ring (bicyclic) bond motifs is 1. The number of methoxy groups -OCH3 is 1. The van der Waals surface area contributed by atoms with Gasteiger partial charge in [-0.2, -0.15) is 5.10 Å². The van der Waals surface area contributed by atoms with E-state index in [1.807, 2.05) is 41.9 Å². The van der Waals surface area contributed by atoms with E-state index in [1.165, 1.54) is 0 Å². The van der Waals surface area contributed by atoms with E-state index in [9.17, 15) is 4.79 Å². The van der Waals surface area contributed by atoms with Gasteiger partial charge in [-0.1, -0.05) is 12.1 Å². The van der Waals surface area contributed by atoms with Crippen LogP contribution in [0.2, 0.25) is 0 Å². The van der Waals surface area contributed by atoms with Crippen LogP contribution in [0.5, 0.6) is 11.5 Å². The van der Waals surface area contributed by atoms with Crippen LogP contribution < -0.4 is 14.4 Å². The minimum atomic E-state index is -0.176. The lowest BCUT2D eigenvalue weighted by atomic mass is 10.1. The zero-order chi connectivity index (χ0) is 19.7. The van der Waals surface area contributed by atoms with E-state index in [4.69, 9.17) is 13.9 Å². The second kappa shape index (κ2) is 7.42. The van der Waals surface area contributed by atoms with Gasteiger partial charge in [0.2, 0.25) is 0 Å². The third-order valence-electron chi connectivity index (χ3n) is 4.97. The number of amides is 1. The number of rotatable bonds is 5. The summed E-state index contributed by atoms with van der Waals surface area (Å²) in [7, 11) is 1.59. The summed E-state index contributed by atoms with van der Waals surface area (Å²) >= 11 is 0. The Morgan fingerprint density at radius 2 is 1.93 bits per heavy atom. The molecule has 28 heavy (non-hydrogen) atoms. The highest BCUT2D eigenvalue weighted by Gasteiger charge is 2.34. The topological polar surface area (TPSA) is 69.7 Å². The number of anilines is 1. The fraction of sp³-hybridized carbons (Fsp3) is 0.333. The van der Waals surface area contributed by atoms with E-state index in [-0.39, 0.29) is 30.4 Å². The Labute approximate surface area is 163 Å². The predicted molar refractivity (Wildman–Crippen MR) is 104 cm³/mol. The van der Waals surface area contributed by atoms with E-state index in [0.29, 0.717) is 17.3 Å². The first-order chi connectivity index (χ1) is 13.6. The van der Waals surface area contributed by atoms with Gasteiger partial charge in [-0.3, -0.25) is 9.69 Å². The van der Waals surface area contributed by atoms with Crippen LogP contribution in [0.25, 0.3) is 0 Å². The Bertz CT molecular complexity index is 977. The molecule has 0 saturated carbocycles. The minimum absolute atomic E-state index is 0.0603. The molecule has 0 bridgehead atoms. The van der Waals surface area contributed by atoms with E-state index in [0.717, 1.165) is 12.2 Å². The molecule has 3 aromatic rings. The first kappa shape index (κ1) is 18.2. The number of carbonyl (C=O) groups is 1. The number of ether oxygens (including phenoxy) is 2. The number of furan rings is 1. The van der Waals surface area contributed by atoms with Gasteiger partial charge in [0.05, 0.1) is 19.3 Å². The molecule has 2 aromatic heterocycles. The number of carbonyl (C=O) groups excluding carboxylic acids is 1. The van der Waals surface area contributed by atoms with Crippen molar-refractivity contribution in [1.29, 1.82) is 0 Å². The van der Waals surface area contributed by atoms with Crippen LogP contribution in [0.1, 0.15) is 42.6 Å². The van der Waals surface area contributed by atoms with Crippen molar-refractivity contribution < 1.29 is 18.7 Å². The van der Waals surface area contributed by atoms with Crippen molar-refractivity contribution in [2.75, 3.05) is 12.0 Å². The van der Waals surface area contributed by atoms with E-state index >= 15 is 0 Å². The van der Waals surface area contributed by atoms with Crippen LogP contribution in [0.15, 0.2) is 53.1 Å². The molecule has 0 N–H and O–H groups in total. The summed E-state index contributed by atoms with van der Waals surface area (Å²) in [6.45, 7) is 4.35. The molecule has 1 aromatic carbocycles. The van der Waals surface area contributed by atoms with Crippen LogP contribution in [-0.2, 0) is 6.61 Å². The predicted octanol–water partition coefficient (Wildman–Crippen LogP) is 4.06. The van der Waals surface area contributed by atoms with Crippen LogP contribution in [0.4, 0.5) is 5.82 Å². The molecule has 146 valence electrons. The van der Waals surface area contributed by atoms with Crippen LogP contribution in [0.3, 0.4) is 0 Å². The number of aromatic nitrogens is 2. The van der Waals surface area contributed by atoms with Gasteiger partial charge in [-0.25, -0.2) is 4.68 Å². The molecule has 0 aliphatic carbocycles. The van der Waals surface area contributed by atoms with Gasteiger partial charge in [0, 0.05) is 12.1 Å². The molecule has 0 spiro atoms. The Morgan fingerprint density at radius 1 is 1.14 bits per heavy atom. The number of para-hydroxylation sites is 2. The normalized spacial score (nSPS) is 18.6. The molecular weight excluding hydrogens is 358 g/mol. The maximum Gasteiger partial charge on any atom is 0.295 e. The van der Waals surface area contributed by atoms with E-state index < -0.39 is 0 Å². The summed E-state index contributed by atoms with van der Waals surface area (Å²) in [6.07, 6.45) is 2.56. The van der Waals surface area contributed by atoms with Crippen LogP contribution >= 0.6 is 0 Å². The van der Waals surface area contributed by atoms with Crippen molar-refractivity contribution in [2.45, 2.75) is 39.0 Å². The summed E-state index contributed by atoms with van der Waals surface area (Å²) in [6, 6.07) is 13.0. The SMILES string of the molecule is COc1ccccc1OCc1ccc(C(=O)N2c3ccnn3C(C)CC2C)o1. The lowest BCUT2D eigenvalue weighted by molar-refractivity contribution is 0.0935. The van der Waals surface area contributed by atoms with E-state index in [1.54, 1.807) is 30.3 Å². The summed E-state index contributed by atoms with van der Waals surface area (Å²) in [5.74, 6) is 2.74. The fourth-order valence-electron chi connectivity index (χ4n) is 3.64. The maximum absolute atomic E-state index is 13.1. The molecule has 1 aliphatic heterocycles. The summed E-state index contributed by atoms with van der Waals surface area (Å²) in [4.78, 5) is 14.8. The Balaban J connectivity index is 1.50. The zero-order valence-electron chi connectivity index (χ0n) is 16.2. The van der Waals surface area contributed by atoms with Gasteiger partial charge in [0.15, 0.2) is 17.3 Å². The van der Waals surface area contributed by atoms with Crippen molar-refractivity contribution in [3.8, 4) is 11.5 Å². The first-order valence-corrected chi connectivity index (χ1v) is 9.30. The summed E-state index contributed by atoms with van der Waals surface area (Å²) in [5.41, 5.74) is 0. The highest BCUT2D eigenvalue weighted by molar-refractivity contribution is 6.04. The van der Waals surface area contributed by atoms with Crippen molar-refractivity contribution in [2.24, 2.45) is 0 Å². The number of nitrogens with zero attached hydrogens (tertiary/aromatic N) is 3. The summed E-state index contributed by atoms with van der Waals surface area (Å²) in [5, 5.41) is 4.34. The largest absolute Gasteiger partial charge is 0.493 e. The monoisotopic (exact) mass is 381 g/mol. The summed E-state index contributed by atoms with van der Waals surface area (Å²) < 4.78 is 18.7. The molecule has 2 unspecified atom stereocenters. The molecule has 0 fully saturated rings. The molecular formula is C21H23N3O4. The van der Waals surface area contributed by atoms with Gasteiger partial charge < -0.3 is 13.9 Å². The minimum Gasteiger partial charge on any atom is -0.493 e. The standard InChI is InChI=1S/C21H23N3O4/c1-14-12-15(2)24-20(10-11-22-24)23(14)21(25)19-9-8-16(28-19)13-27-18-7-5-4-6-17(18)26-3/h4-11,14-15H,12-13H2,1-3H3. The molecule has 0 radical (unpaired) electrons. The molecule has 0 saturated heterocycles. The van der Waals surface area contributed by atoms with Crippen LogP contribution in [-0.4, -0.2) is 28.8 Å². The van der Waals surface area contributed by atoms with E-state index in [2.05, 4.69) is 12.0 Å². The van der Waals surface area contributed by atoms with Gasteiger partial charge >= 0.3 is 0 Å². The average Bonchev–Trinajstić information content (AvgIpc) is 3.36. The highest BCUT2D eigenvalue weighted by atomic mass is 16.5. The van der Waals surface area contributed by atoms with Crippen molar-refractivity contribution >= 4 is 11.7 Å². The molecule has 7 heteroatoms. The quantitative estimate of drug-likeness (QED) is 0.666. The smallest absolute Gasteiger partial charge is 0.295 e. The second-order valence-corrected chi connectivity index (χ2v) is 6.95. The Hall–Kier alpha value is -3.22. The highest BCUT2D eigenvalue weighted by Crippen LogP contribution is 2.33. The molecule has 7 nitrogen and oxygen atoms in total. The zero-order valence-corrected chi connectivity index (χ0v) is 16.2. The average molecular weight is 381 g/mol. The molecule has 3 heterocycles. The molecule has 4 rings (SSSR count). The van der Waals surface area contributed by atoms with Crippen molar-refractivity contribution in [1.82, 2.24) is 9.78 Å². The number of benzene rings is 1. The first-order valence-electron chi connectivity index (χ1n) is 9.30. The third kappa shape index (κ3) is 3.24. The number of hydrogen-bond donors (Lipinski definition) is 0. The lowest BCUT2D eigenvalue weighted by Gasteiger charge is -2.36.